The molecule has 4 atom stereocenters. The zero-order chi connectivity index (χ0) is 26.2. The lowest BCUT2D eigenvalue weighted by atomic mass is 9.93. The van der Waals surface area contributed by atoms with E-state index < -0.39 is 23.8 Å². The van der Waals surface area contributed by atoms with E-state index in [-0.39, 0.29) is 23.9 Å². The molecule has 0 spiro atoms. The first kappa shape index (κ1) is 29.5. The molecule has 0 aliphatic heterocycles. The van der Waals surface area contributed by atoms with Gasteiger partial charge in [-0.1, -0.05) is 38.5 Å². The van der Waals surface area contributed by atoms with Crippen molar-refractivity contribution in [2.24, 2.45) is 0 Å². The van der Waals surface area contributed by atoms with Crippen LogP contribution in [-0.2, 0) is 14.3 Å². The highest BCUT2D eigenvalue weighted by Gasteiger charge is 2.38. The van der Waals surface area contributed by atoms with E-state index in [0.29, 0.717) is 6.42 Å². The van der Waals surface area contributed by atoms with E-state index >= 15 is 0 Å². The summed E-state index contributed by atoms with van der Waals surface area (Å²) in [7, 11) is 0. The average Bonchev–Trinajstić information content (AvgIpc) is 2.71. The maximum absolute atomic E-state index is 13.7. The van der Waals surface area contributed by atoms with Crippen LogP contribution in [0.5, 0.6) is 0 Å². The molecule has 3 amide bonds. The Morgan fingerprint density at radius 1 is 1.03 bits per heavy atom. The van der Waals surface area contributed by atoms with Gasteiger partial charge in [0.05, 0.1) is 0 Å². The van der Waals surface area contributed by atoms with Gasteiger partial charge in [-0.3, -0.25) is 9.59 Å². The number of nitrogens with zero attached hydrogens (tertiary/aromatic N) is 1. The van der Waals surface area contributed by atoms with Crippen LogP contribution in [0, 0.1) is 13.8 Å². The lowest BCUT2D eigenvalue weighted by molar-refractivity contribution is -0.145. The number of rotatable bonds is 10. The summed E-state index contributed by atoms with van der Waals surface area (Å²) in [4.78, 5) is 41.4. The Bertz CT molecular complexity index is 847. The van der Waals surface area contributed by atoms with Crippen LogP contribution in [0.2, 0.25) is 0 Å². The largest absolute Gasteiger partial charge is 0.444 e. The Hall–Kier alpha value is -2.57. The maximum atomic E-state index is 13.7. The normalized spacial score (nSPS) is 15.0. The molecule has 34 heavy (non-hydrogen) atoms. The molecule has 0 fully saturated rings. The molecule has 0 saturated carbocycles. The van der Waals surface area contributed by atoms with Crippen molar-refractivity contribution < 1.29 is 19.1 Å². The molecule has 192 valence electrons. The Morgan fingerprint density at radius 2 is 1.65 bits per heavy atom. The number of ether oxygens (including phenoxy) is 1. The number of hydrogen-bond acceptors (Lipinski definition) is 4. The van der Waals surface area contributed by atoms with Crippen LogP contribution in [-0.4, -0.2) is 46.5 Å². The third-order valence-electron chi connectivity index (χ3n) is 6.00. The minimum absolute atomic E-state index is 0.0173. The zero-order valence-electron chi connectivity index (χ0n) is 22.7. The van der Waals surface area contributed by atoms with E-state index in [2.05, 4.69) is 17.6 Å². The number of amides is 3. The van der Waals surface area contributed by atoms with Crippen molar-refractivity contribution in [3.63, 3.8) is 0 Å². The zero-order valence-corrected chi connectivity index (χ0v) is 22.7. The Balaban J connectivity index is 3.45. The summed E-state index contributed by atoms with van der Waals surface area (Å²) < 4.78 is 5.33. The van der Waals surface area contributed by atoms with E-state index in [1.54, 1.807) is 32.6 Å². The minimum atomic E-state index is -0.864. The van der Waals surface area contributed by atoms with Crippen molar-refractivity contribution in [1.29, 1.82) is 0 Å². The maximum Gasteiger partial charge on any atom is 0.408 e. The van der Waals surface area contributed by atoms with E-state index in [4.69, 9.17) is 4.74 Å². The molecule has 1 aromatic carbocycles. The molecule has 1 rings (SSSR count). The Kier molecular flexibility index (Phi) is 11.1. The van der Waals surface area contributed by atoms with Gasteiger partial charge in [0.25, 0.3) is 0 Å². The lowest BCUT2D eigenvalue weighted by Gasteiger charge is -2.38. The van der Waals surface area contributed by atoms with Gasteiger partial charge in [-0.2, -0.15) is 0 Å². The van der Waals surface area contributed by atoms with Gasteiger partial charge in [0.2, 0.25) is 11.8 Å². The van der Waals surface area contributed by atoms with Crippen LogP contribution in [0.1, 0.15) is 97.4 Å². The quantitative estimate of drug-likeness (QED) is 0.487. The number of benzene rings is 1. The molecule has 0 aromatic heterocycles. The summed E-state index contributed by atoms with van der Waals surface area (Å²) in [5.74, 6) is -0.544. The van der Waals surface area contributed by atoms with E-state index in [1.165, 1.54) is 0 Å². The highest BCUT2D eigenvalue weighted by molar-refractivity contribution is 5.92. The number of carbonyl (C=O) groups is 3. The monoisotopic (exact) mass is 475 g/mol. The second-order valence-corrected chi connectivity index (χ2v) is 10.3. The number of aryl methyl sites for hydroxylation is 1. The fourth-order valence-electron chi connectivity index (χ4n) is 3.88. The van der Waals surface area contributed by atoms with Gasteiger partial charge in [-0.15, -0.1) is 0 Å². The van der Waals surface area contributed by atoms with Crippen molar-refractivity contribution in [3.05, 3.63) is 34.9 Å². The van der Waals surface area contributed by atoms with Crippen molar-refractivity contribution in [2.45, 2.75) is 118 Å². The summed E-state index contributed by atoms with van der Waals surface area (Å²) in [5.41, 5.74) is 2.13. The van der Waals surface area contributed by atoms with Crippen LogP contribution >= 0.6 is 0 Å². The third-order valence-corrected chi connectivity index (χ3v) is 6.00. The highest BCUT2D eigenvalue weighted by atomic mass is 16.6. The predicted molar refractivity (Wildman–Crippen MR) is 137 cm³/mol. The lowest BCUT2D eigenvalue weighted by Crippen LogP contribution is -2.55. The first-order valence-electron chi connectivity index (χ1n) is 12.4. The van der Waals surface area contributed by atoms with Crippen molar-refractivity contribution >= 4 is 17.9 Å². The molecule has 0 radical (unpaired) electrons. The summed E-state index contributed by atoms with van der Waals surface area (Å²) in [6.45, 7) is 18.9. The van der Waals surface area contributed by atoms with Crippen LogP contribution in [0.25, 0.3) is 0 Å². The summed E-state index contributed by atoms with van der Waals surface area (Å²) >= 11 is 0. The molecule has 7 nitrogen and oxygen atoms in total. The first-order valence-corrected chi connectivity index (χ1v) is 12.4. The van der Waals surface area contributed by atoms with Gasteiger partial charge in [-0.25, -0.2) is 4.79 Å². The van der Waals surface area contributed by atoms with Crippen molar-refractivity contribution in [2.75, 3.05) is 0 Å². The van der Waals surface area contributed by atoms with Gasteiger partial charge < -0.3 is 20.3 Å². The number of alkyl carbamates (subject to hydrolysis) is 1. The van der Waals surface area contributed by atoms with Crippen LogP contribution in [0.3, 0.4) is 0 Å². The molecule has 4 unspecified atom stereocenters. The topological polar surface area (TPSA) is 87.7 Å². The second kappa shape index (κ2) is 12.8. The first-order chi connectivity index (χ1) is 15.7. The molecule has 0 aliphatic rings. The fourth-order valence-corrected chi connectivity index (χ4v) is 3.88. The average molecular weight is 476 g/mol. The fraction of sp³-hybridized carbons (Fsp3) is 0.667. The molecular weight excluding hydrogens is 430 g/mol. The van der Waals surface area contributed by atoms with Crippen molar-refractivity contribution in [1.82, 2.24) is 15.5 Å². The van der Waals surface area contributed by atoms with Gasteiger partial charge in [0.1, 0.15) is 17.7 Å². The molecule has 1 aromatic rings. The van der Waals surface area contributed by atoms with E-state index in [0.717, 1.165) is 29.5 Å². The third kappa shape index (κ3) is 8.33. The minimum Gasteiger partial charge on any atom is -0.444 e. The highest BCUT2D eigenvalue weighted by Crippen LogP contribution is 2.30. The van der Waals surface area contributed by atoms with E-state index in [9.17, 15) is 14.4 Å². The van der Waals surface area contributed by atoms with Crippen molar-refractivity contribution in [3.8, 4) is 0 Å². The van der Waals surface area contributed by atoms with E-state index in [1.807, 2.05) is 52.8 Å². The molecule has 0 heterocycles. The Labute approximate surface area is 206 Å². The Morgan fingerprint density at radius 3 is 2.18 bits per heavy atom. The van der Waals surface area contributed by atoms with Gasteiger partial charge >= 0.3 is 6.09 Å². The predicted octanol–water partition coefficient (Wildman–Crippen LogP) is 5.19. The SMILES string of the molecule is CCCC(C)NC(=O)C(c1cccc(C)c1C)N(C(=O)C(C)NC(=O)OC(C)(C)C)C(C)CC. The van der Waals surface area contributed by atoms with Crippen LogP contribution < -0.4 is 10.6 Å². The summed E-state index contributed by atoms with van der Waals surface area (Å²) in [6.07, 6.45) is 1.78. The molecule has 0 bridgehead atoms. The molecule has 2 N–H and O–H groups in total. The molecular formula is C27H45N3O4. The second-order valence-electron chi connectivity index (χ2n) is 10.3. The number of carbonyl (C=O) groups excluding carboxylic acids is 3. The molecule has 7 heteroatoms. The van der Waals surface area contributed by atoms with Crippen LogP contribution in [0.15, 0.2) is 18.2 Å². The summed E-state index contributed by atoms with van der Waals surface area (Å²) in [5, 5.41) is 5.75. The van der Waals surface area contributed by atoms with Gasteiger partial charge in [-0.05, 0) is 84.9 Å². The van der Waals surface area contributed by atoms with Gasteiger partial charge in [0, 0.05) is 12.1 Å². The number of hydrogen-bond donors (Lipinski definition) is 2. The molecule has 0 aliphatic carbocycles. The number of nitrogens with one attached hydrogen (secondary N) is 2. The summed E-state index contributed by atoms with van der Waals surface area (Å²) in [6, 6.07) is 3.89. The molecule has 0 saturated heterocycles. The van der Waals surface area contributed by atoms with Gasteiger partial charge in [0.15, 0.2) is 0 Å². The standard InChI is InChI=1S/C27H45N3O4/c1-11-14-18(4)28-24(31)23(22-16-13-15-17(3)20(22)6)30(19(5)12-2)25(32)21(7)29-26(33)34-27(8,9)10/h13,15-16,18-19,21,23H,11-12,14H2,1-10H3,(H,28,31)(H,29,33). The smallest absolute Gasteiger partial charge is 0.408 e. The van der Waals surface area contributed by atoms with Crippen LogP contribution in [0.4, 0.5) is 4.79 Å².